The molecule has 3 nitrogen and oxygen atoms in total. The molecular formula is C12H20N2OS. The third-order valence-electron chi connectivity index (χ3n) is 2.39. The lowest BCUT2D eigenvalue weighted by atomic mass is 10.1. The molecule has 90 valence electrons. The number of aliphatic hydroxyl groups is 1. The van der Waals surface area contributed by atoms with Crippen molar-refractivity contribution in [2.24, 2.45) is 5.73 Å². The van der Waals surface area contributed by atoms with E-state index in [-0.39, 0.29) is 12.6 Å². The maximum Gasteiger partial charge on any atom is 0.0594 e. The molecule has 0 saturated heterocycles. The van der Waals surface area contributed by atoms with E-state index in [0.29, 0.717) is 6.54 Å². The van der Waals surface area contributed by atoms with E-state index in [1.165, 1.54) is 10.5 Å². The minimum Gasteiger partial charge on any atom is -0.395 e. The van der Waals surface area contributed by atoms with Crippen molar-refractivity contribution >= 4 is 11.8 Å². The molecule has 1 aromatic carbocycles. The minimum absolute atomic E-state index is 0.0371. The Morgan fingerprint density at radius 2 is 2.06 bits per heavy atom. The van der Waals surface area contributed by atoms with Gasteiger partial charge in [-0.1, -0.05) is 12.1 Å². The molecule has 4 N–H and O–H groups in total. The number of aliphatic hydroxyl groups excluding tert-OH is 1. The molecular weight excluding hydrogens is 220 g/mol. The van der Waals surface area contributed by atoms with Crippen LogP contribution in [0, 0.1) is 0 Å². The van der Waals surface area contributed by atoms with Crippen LogP contribution < -0.4 is 11.1 Å². The first-order chi connectivity index (χ1) is 7.76. The number of hydrogen-bond acceptors (Lipinski definition) is 4. The second-order valence-electron chi connectivity index (χ2n) is 3.74. The lowest BCUT2D eigenvalue weighted by Gasteiger charge is -2.09. The van der Waals surface area contributed by atoms with Crippen LogP contribution in [0.2, 0.25) is 0 Å². The number of nitrogens with one attached hydrogen (secondary N) is 1. The largest absolute Gasteiger partial charge is 0.395 e. The van der Waals surface area contributed by atoms with Crippen molar-refractivity contribution in [2.45, 2.75) is 17.4 Å². The first-order valence-electron chi connectivity index (χ1n) is 5.46. The number of benzene rings is 1. The summed E-state index contributed by atoms with van der Waals surface area (Å²) in [5.74, 6) is 0. The average molecular weight is 240 g/mol. The van der Waals surface area contributed by atoms with Gasteiger partial charge in [0.15, 0.2) is 0 Å². The molecule has 1 aromatic rings. The van der Waals surface area contributed by atoms with Crippen molar-refractivity contribution in [1.82, 2.24) is 5.32 Å². The van der Waals surface area contributed by atoms with E-state index in [2.05, 4.69) is 35.8 Å². The van der Waals surface area contributed by atoms with Gasteiger partial charge in [0.2, 0.25) is 0 Å². The first kappa shape index (κ1) is 13.5. The Bertz CT molecular complexity index is 290. The smallest absolute Gasteiger partial charge is 0.0594 e. The molecule has 0 bridgehead atoms. The van der Waals surface area contributed by atoms with Gasteiger partial charge in [0.25, 0.3) is 0 Å². The van der Waals surface area contributed by atoms with Crippen molar-refractivity contribution < 1.29 is 5.11 Å². The van der Waals surface area contributed by atoms with E-state index in [4.69, 9.17) is 10.8 Å². The third kappa shape index (κ3) is 4.99. The Morgan fingerprint density at radius 1 is 1.38 bits per heavy atom. The molecule has 1 atom stereocenters. The molecule has 0 spiro atoms. The van der Waals surface area contributed by atoms with Gasteiger partial charge < -0.3 is 16.2 Å². The molecule has 0 aliphatic carbocycles. The summed E-state index contributed by atoms with van der Waals surface area (Å²) in [7, 11) is 0. The van der Waals surface area contributed by atoms with Crippen LogP contribution in [0.5, 0.6) is 0 Å². The quantitative estimate of drug-likeness (QED) is 0.489. The zero-order valence-electron chi connectivity index (χ0n) is 9.65. The van der Waals surface area contributed by atoms with Gasteiger partial charge in [-0.05, 0) is 36.9 Å². The summed E-state index contributed by atoms with van der Waals surface area (Å²) in [4.78, 5) is 1.29. The molecule has 0 radical (unpaired) electrons. The summed E-state index contributed by atoms with van der Waals surface area (Å²) in [6.45, 7) is 1.60. The molecule has 0 aromatic heterocycles. The van der Waals surface area contributed by atoms with E-state index in [0.717, 1.165) is 13.0 Å². The number of thioether (sulfide) groups is 1. The molecule has 16 heavy (non-hydrogen) atoms. The molecule has 0 heterocycles. The predicted octanol–water partition coefficient (Wildman–Crippen LogP) is 0.860. The van der Waals surface area contributed by atoms with Crippen molar-refractivity contribution in [3.63, 3.8) is 0 Å². The predicted molar refractivity (Wildman–Crippen MR) is 69.9 cm³/mol. The van der Waals surface area contributed by atoms with Gasteiger partial charge in [0, 0.05) is 17.5 Å². The summed E-state index contributed by atoms with van der Waals surface area (Å²) in [5, 5.41) is 12.0. The summed E-state index contributed by atoms with van der Waals surface area (Å²) in [6.07, 6.45) is 3.07. The Hall–Kier alpha value is -0.550. The van der Waals surface area contributed by atoms with Gasteiger partial charge in [-0.25, -0.2) is 0 Å². The van der Waals surface area contributed by atoms with Gasteiger partial charge in [0.05, 0.1) is 6.61 Å². The number of rotatable bonds is 7. The lowest BCUT2D eigenvalue weighted by Crippen LogP contribution is -2.37. The highest BCUT2D eigenvalue weighted by molar-refractivity contribution is 7.98. The monoisotopic (exact) mass is 240 g/mol. The third-order valence-corrected chi connectivity index (χ3v) is 3.13. The fraction of sp³-hybridized carbons (Fsp3) is 0.500. The van der Waals surface area contributed by atoms with Gasteiger partial charge in [0.1, 0.15) is 0 Å². The van der Waals surface area contributed by atoms with Gasteiger partial charge in [-0.2, -0.15) is 0 Å². The van der Waals surface area contributed by atoms with Crippen LogP contribution in [0.1, 0.15) is 5.56 Å². The van der Waals surface area contributed by atoms with Crippen LogP contribution in [-0.2, 0) is 6.42 Å². The topological polar surface area (TPSA) is 58.3 Å². The number of nitrogens with two attached hydrogens (primary N) is 1. The maximum absolute atomic E-state index is 8.74. The van der Waals surface area contributed by atoms with Crippen molar-refractivity contribution in [3.8, 4) is 0 Å². The Labute approximate surface area is 101 Å². The molecule has 4 heteroatoms. The molecule has 1 unspecified atom stereocenters. The summed E-state index contributed by atoms with van der Waals surface area (Å²) < 4.78 is 0. The highest BCUT2D eigenvalue weighted by Gasteiger charge is 1.99. The van der Waals surface area contributed by atoms with Crippen LogP contribution >= 0.6 is 11.8 Å². The summed E-state index contributed by atoms with van der Waals surface area (Å²) in [6, 6.07) is 8.43. The highest BCUT2D eigenvalue weighted by atomic mass is 32.2. The second-order valence-corrected chi connectivity index (χ2v) is 4.62. The molecule has 0 amide bonds. The summed E-state index contributed by atoms with van der Waals surface area (Å²) in [5.41, 5.74) is 6.90. The Morgan fingerprint density at radius 3 is 2.62 bits per heavy atom. The second kappa shape index (κ2) is 7.68. The first-order valence-corrected chi connectivity index (χ1v) is 6.69. The Balaban J connectivity index is 2.21. The molecule has 0 aliphatic heterocycles. The number of hydrogen-bond donors (Lipinski definition) is 3. The zero-order valence-corrected chi connectivity index (χ0v) is 10.5. The lowest BCUT2D eigenvalue weighted by molar-refractivity contribution is 0.262. The van der Waals surface area contributed by atoms with Crippen LogP contribution in [0.4, 0.5) is 0 Å². The van der Waals surface area contributed by atoms with E-state index >= 15 is 0 Å². The van der Waals surface area contributed by atoms with Crippen molar-refractivity contribution in [3.05, 3.63) is 29.8 Å². The standard InChI is InChI=1S/C12H20N2OS/c1-16-12-4-2-10(3-5-12)6-7-14-8-11(13)9-15/h2-5,11,14-15H,6-9,13H2,1H3. The van der Waals surface area contributed by atoms with Crippen LogP contribution in [-0.4, -0.2) is 37.1 Å². The van der Waals surface area contributed by atoms with Crippen LogP contribution in [0.15, 0.2) is 29.2 Å². The average Bonchev–Trinajstić information content (AvgIpc) is 2.35. The van der Waals surface area contributed by atoms with Gasteiger partial charge >= 0.3 is 0 Å². The molecule has 1 rings (SSSR count). The zero-order chi connectivity index (χ0) is 11.8. The molecule has 0 aliphatic rings. The normalized spacial score (nSPS) is 12.7. The van der Waals surface area contributed by atoms with E-state index in [1.54, 1.807) is 11.8 Å². The van der Waals surface area contributed by atoms with Crippen LogP contribution in [0.3, 0.4) is 0 Å². The fourth-order valence-corrected chi connectivity index (χ4v) is 1.79. The molecule has 0 saturated carbocycles. The van der Waals surface area contributed by atoms with Gasteiger partial charge in [-0.15, -0.1) is 11.8 Å². The van der Waals surface area contributed by atoms with Crippen molar-refractivity contribution in [1.29, 1.82) is 0 Å². The van der Waals surface area contributed by atoms with Crippen molar-refractivity contribution in [2.75, 3.05) is 26.0 Å². The maximum atomic E-state index is 8.74. The summed E-state index contributed by atoms with van der Waals surface area (Å²) >= 11 is 1.75. The van der Waals surface area contributed by atoms with Gasteiger partial charge in [-0.3, -0.25) is 0 Å². The minimum atomic E-state index is -0.154. The SMILES string of the molecule is CSc1ccc(CCNCC(N)CO)cc1. The Kier molecular flexibility index (Phi) is 6.49. The highest BCUT2D eigenvalue weighted by Crippen LogP contribution is 2.14. The molecule has 0 fully saturated rings. The van der Waals surface area contributed by atoms with E-state index in [9.17, 15) is 0 Å². The van der Waals surface area contributed by atoms with Crippen LogP contribution in [0.25, 0.3) is 0 Å². The van der Waals surface area contributed by atoms with E-state index in [1.807, 2.05) is 0 Å². The van der Waals surface area contributed by atoms with E-state index < -0.39 is 0 Å². The fourth-order valence-electron chi connectivity index (χ4n) is 1.38.